The second-order valence-electron chi connectivity index (χ2n) is 8.33. The molecular weight excluding hydrogens is 467 g/mol. The van der Waals surface area contributed by atoms with Gasteiger partial charge in [-0.05, 0) is 83.6 Å². The van der Waals surface area contributed by atoms with Crippen LogP contribution in [0.1, 0.15) is 71.3 Å². The third kappa shape index (κ3) is 3.92. The number of halogens is 2. The first-order valence-electron chi connectivity index (χ1n) is 10.7. The number of rotatable bonds is 6. The molecule has 2 bridgehead atoms. The first kappa shape index (κ1) is 21.8. The summed E-state index contributed by atoms with van der Waals surface area (Å²) in [5.41, 5.74) is 8.42. The minimum Gasteiger partial charge on any atom is -0.483 e. The van der Waals surface area contributed by atoms with Crippen molar-refractivity contribution in [3.8, 4) is 5.06 Å². The Hall–Kier alpha value is -1.44. The molecule has 2 aliphatic rings. The molecule has 2 N–H and O–H groups in total. The van der Waals surface area contributed by atoms with E-state index in [0.29, 0.717) is 13.2 Å². The van der Waals surface area contributed by atoms with Gasteiger partial charge in [-0.1, -0.05) is 30.4 Å². The number of carbonyl (C=O) groups is 1. The molecule has 2 unspecified atom stereocenters. The van der Waals surface area contributed by atoms with Gasteiger partial charge in [0.05, 0.1) is 16.0 Å². The quantitative estimate of drug-likeness (QED) is 0.555. The van der Waals surface area contributed by atoms with Crippen molar-refractivity contribution >= 4 is 33.2 Å². The molecule has 1 aromatic heterocycles. The summed E-state index contributed by atoms with van der Waals surface area (Å²) in [6.07, 6.45) is 4.49. The molecule has 1 aromatic carbocycles. The van der Waals surface area contributed by atoms with Crippen LogP contribution in [-0.2, 0) is 6.54 Å². The van der Waals surface area contributed by atoms with Gasteiger partial charge >= 0.3 is 0 Å². The summed E-state index contributed by atoms with van der Waals surface area (Å²) in [6.45, 7) is 5.08. The van der Waals surface area contributed by atoms with E-state index in [-0.39, 0.29) is 29.7 Å². The highest BCUT2D eigenvalue weighted by Gasteiger charge is 2.45. The second kappa shape index (κ2) is 8.97. The number of amides is 1. The zero-order valence-corrected chi connectivity index (χ0v) is 19.8. The Labute approximate surface area is 189 Å². The molecular formula is C23H28BrFN2O2S. The summed E-state index contributed by atoms with van der Waals surface area (Å²) >= 11 is 5.02. The van der Waals surface area contributed by atoms with Crippen LogP contribution in [0.15, 0.2) is 22.7 Å². The lowest BCUT2D eigenvalue weighted by Gasteiger charge is -2.39. The van der Waals surface area contributed by atoms with E-state index in [1.54, 1.807) is 6.07 Å². The molecule has 2 fully saturated rings. The van der Waals surface area contributed by atoms with Crippen LogP contribution in [0.3, 0.4) is 0 Å². The number of nitrogens with zero attached hydrogens (tertiary/aromatic N) is 1. The Bertz CT molecular complexity index is 934. The van der Waals surface area contributed by atoms with E-state index >= 15 is 0 Å². The molecule has 162 valence electrons. The maximum Gasteiger partial charge on any atom is 0.264 e. The van der Waals surface area contributed by atoms with E-state index in [2.05, 4.69) is 27.8 Å². The molecule has 2 aromatic rings. The summed E-state index contributed by atoms with van der Waals surface area (Å²) in [4.78, 5) is 16.3. The molecule has 30 heavy (non-hydrogen) atoms. The first-order valence-corrected chi connectivity index (χ1v) is 12.3. The minimum absolute atomic E-state index is 0.0895. The number of benzene rings is 1. The van der Waals surface area contributed by atoms with Crippen LogP contribution in [0.5, 0.6) is 5.06 Å². The van der Waals surface area contributed by atoms with E-state index in [4.69, 9.17) is 10.5 Å². The first-order chi connectivity index (χ1) is 14.4. The Morgan fingerprint density at radius 1 is 1.33 bits per heavy atom. The van der Waals surface area contributed by atoms with Crippen molar-refractivity contribution < 1.29 is 13.9 Å². The molecule has 4 rings (SSSR count). The van der Waals surface area contributed by atoms with Crippen LogP contribution >= 0.6 is 27.3 Å². The number of nitrogens with two attached hydrogens (primary N) is 1. The Morgan fingerprint density at radius 2 is 2.03 bits per heavy atom. The SMILES string of the molecule is CCCOc1sc(C(=O)N2C3CCC2CC(c2cc(CN)ccc2F)C3)c(C)c1Br. The Morgan fingerprint density at radius 3 is 2.67 bits per heavy atom. The molecule has 2 atom stereocenters. The standard InChI is InChI=1S/C23H28BrFN2O2S/c1-3-8-29-23-20(24)13(2)21(30-23)22(28)27-16-5-6-17(27)11-15(10-16)18-9-14(12-26)4-7-19(18)25/h4,7,9,15-17H,3,5-6,8,10-12,26H2,1-2H3. The van der Waals surface area contributed by atoms with Crippen LogP contribution < -0.4 is 10.5 Å². The topological polar surface area (TPSA) is 55.6 Å². The predicted molar refractivity (Wildman–Crippen MR) is 122 cm³/mol. The fraction of sp³-hybridized carbons (Fsp3) is 0.522. The molecule has 2 aliphatic heterocycles. The van der Waals surface area contributed by atoms with Crippen molar-refractivity contribution in [2.45, 2.75) is 70.5 Å². The molecule has 0 radical (unpaired) electrons. The summed E-state index contributed by atoms with van der Waals surface area (Å²) in [5, 5.41) is 0.778. The number of piperidine rings is 1. The van der Waals surface area contributed by atoms with Gasteiger partial charge in [-0.3, -0.25) is 4.79 Å². The normalized spacial score (nSPS) is 23.1. The summed E-state index contributed by atoms with van der Waals surface area (Å²) in [5.74, 6) is 0.0662. The van der Waals surface area contributed by atoms with Crippen LogP contribution in [0, 0.1) is 12.7 Å². The molecule has 2 saturated heterocycles. The highest BCUT2D eigenvalue weighted by molar-refractivity contribution is 9.10. The van der Waals surface area contributed by atoms with Crippen LogP contribution in [0.2, 0.25) is 0 Å². The summed E-state index contributed by atoms with van der Waals surface area (Å²) in [6, 6.07) is 5.50. The lowest BCUT2D eigenvalue weighted by atomic mass is 9.84. The Balaban J connectivity index is 1.55. The van der Waals surface area contributed by atoms with E-state index < -0.39 is 0 Å². The van der Waals surface area contributed by atoms with Crippen molar-refractivity contribution in [3.05, 3.63) is 50.1 Å². The van der Waals surface area contributed by atoms with E-state index in [1.807, 2.05) is 13.0 Å². The number of hydrogen-bond donors (Lipinski definition) is 1. The molecule has 1 amide bonds. The van der Waals surface area contributed by atoms with Gasteiger partial charge in [0.2, 0.25) is 0 Å². The molecule has 0 saturated carbocycles. The van der Waals surface area contributed by atoms with Gasteiger partial charge in [0.1, 0.15) is 5.82 Å². The van der Waals surface area contributed by atoms with Crippen molar-refractivity contribution in [1.29, 1.82) is 0 Å². The van der Waals surface area contributed by atoms with Crippen LogP contribution in [-0.4, -0.2) is 29.5 Å². The highest BCUT2D eigenvalue weighted by Crippen LogP contribution is 2.46. The average molecular weight is 495 g/mol. The van der Waals surface area contributed by atoms with E-state index in [9.17, 15) is 9.18 Å². The van der Waals surface area contributed by atoms with Crippen molar-refractivity contribution in [2.75, 3.05) is 6.61 Å². The van der Waals surface area contributed by atoms with Crippen molar-refractivity contribution in [1.82, 2.24) is 4.90 Å². The zero-order chi connectivity index (χ0) is 21.4. The molecule has 0 spiro atoms. The van der Waals surface area contributed by atoms with Gasteiger partial charge in [0, 0.05) is 18.6 Å². The molecule has 4 nitrogen and oxygen atoms in total. The molecule has 7 heteroatoms. The van der Waals surface area contributed by atoms with E-state index in [1.165, 1.54) is 17.4 Å². The van der Waals surface area contributed by atoms with Gasteiger partial charge in [-0.2, -0.15) is 0 Å². The van der Waals surface area contributed by atoms with Gasteiger partial charge in [0.25, 0.3) is 5.91 Å². The summed E-state index contributed by atoms with van der Waals surface area (Å²) < 4.78 is 21.2. The summed E-state index contributed by atoms with van der Waals surface area (Å²) in [7, 11) is 0. The highest BCUT2D eigenvalue weighted by atomic mass is 79.9. The third-order valence-corrected chi connectivity index (χ3v) is 8.79. The van der Waals surface area contributed by atoms with Crippen LogP contribution in [0.25, 0.3) is 0 Å². The minimum atomic E-state index is -0.160. The zero-order valence-electron chi connectivity index (χ0n) is 17.4. The van der Waals surface area contributed by atoms with Crippen molar-refractivity contribution in [2.24, 2.45) is 5.73 Å². The average Bonchev–Trinajstić information content (AvgIpc) is 3.18. The lowest BCUT2D eigenvalue weighted by Crippen LogP contribution is -2.46. The number of hydrogen-bond acceptors (Lipinski definition) is 4. The van der Waals surface area contributed by atoms with Gasteiger partial charge in [-0.15, -0.1) is 0 Å². The smallest absolute Gasteiger partial charge is 0.264 e. The van der Waals surface area contributed by atoms with E-state index in [0.717, 1.165) is 63.2 Å². The van der Waals surface area contributed by atoms with Crippen LogP contribution in [0.4, 0.5) is 4.39 Å². The predicted octanol–water partition coefficient (Wildman–Crippen LogP) is 5.76. The monoisotopic (exact) mass is 494 g/mol. The van der Waals surface area contributed by atoms with Gasteiger partial charge in [-0.25, -0.2) is 4.39 Å². The molecule has 0 aliphatic carbocycles. The maximum absolute atomic E-state index is 14.5. The Kier molecular flexibility index (Phi) is 6.51. The number of thiophene rings is 1. The van der Waals surface area contributed by atoms with Gasteiger partial charge in [0.15, 0.2) is 5.06 Å². The number of fused-ring (bicyclic) bond motifs is 2. The number of ether oxygens (including phenoxy) is 1. The molecule has 3 heterocycles. The second-order valence-corrected chi connectivity index (χ2v) is 10.1. The maximum atomic E-state index is 14.5. The lowest BCUT2D eigenvalue weighted by molar-refractivity contribution is 0.0574. The third-order valence-electron chi connectivity index (χ3n) is 6.38. The fourth-order valence-electron chi connectivity index (χ4n) is 4.87. The number of carbonyl (C=O) groups excluding carboxylic acids is 1. The largest absolute Gasteiger partial charge is 0.483 e. The van der Waals surface area contributed by atoms with Crippen molar-refractivity contribution in [3.63, 3.8) is 0 Å². The van der Waals surface area contributed by atoms with Gasteiger partial charge < -0.3 is 15.4 Å². The fourth-order valence-corrected chi connectivity index (χ4v) is 6.58.